The second kappa shape index (κ2) is 10.0. The Morgan fingerprint density at radius 3 is 2.34 bits per heavy atom. The molecule has 29 heavy (non-hydrogen) atoms. The van der Waals surface area contributed by atoms with Crippen molar-refractivity contribution in [1.82, 2.24) is 15.6 Å². The third-order valence-corrected chi connectivity index (χ3v) is 4.40. The Kier molecular flexibility index (Phi) is 6.95. The van der Waals surface area contributed by atoms with Gasteiger partial charge in [-0.2, -0.15) is 0 Å². The smallest absolute Gasteiger partial charge is 0.251 e. The van der Waals surface area contributed by atoms with Gasteiger partial charge in [-0.1, -0.05) is 24.3 Å². The van der Waals surface area contributed by atoms with E-state index in [0.29, 0.717) is 30.6 Å². The van der Waals surface area contributed by atoms with Gasteiger partial charge in [0.05, 0.1) is 7.11 Å². The number of rotatable bonds is 8. The zero-order valence-corrected chi connectivity index (χ0v) is 16.2. The van der Waals surface area contributed by atoms with E-state index in [1.54, 1.807) is 43.8 Å². The minimum absolute atomic E-state index is 0.213. The topological polar surface area (TPSA) is 80.3 Å². The van der Waals surface area contributed by atoms with E-state index >= 15 is 0 Å². The average molecular weight is 389 g/mol. The normalized spacial score (nSPS) is 10.2. The van der Waals surface area contributed by atoms with E-state index in [1.165, 1.54) is 0 Å². The van der Waals surface area contributed by atoms with Gasteiger partial charge in [-0.05, 0) is 53.9 Å². The van der Waals surface area contributed by atoms with Gasteiger partial charge in [0.25, 0.3) is 11.8 Å². The lowest BCUT2D eigenvalue weighted by Crippen LogP contribution is -2.27. The molecule has 6 heteroatoms. The highest BCUT2D eigenvalue weighted by molar-refractivity contribution is 5.99. The van der Waals surface area contributed by atoms with Crippen molar-refractivity contribution in [1.29, 1.82) is 0 Å². The Morgan fingerprint density at radius 1 is 0.897 bits per heavy atom. The molecule has 6 nitrogen and oxygen atoms in total. The number of benzene rings is 2. The van der Waals surface area contributed by atoms with Gasteiger partial charge in [-0.15, -0.1) is 0 Å². The minimum Gasteiger partial charge on any atom is -0.497 e. The molecule has 148 valence electrons. The summed E-state index contributed by atoms with van der Waals surface area (Å²) in [6.45, 7) is 0.868. The number of ether oxygens (including phenoxy) is 1. The molecule has 0 saturated heterocycles. The van der Waals surface area contributed by atoms with Crippen LogP contribution in [0.2, 0.25) is 0 Å². The lowest BCUT2D eigenvalue weighted by atomic mass is 10.1. The molecule has 3 rings (SSSR count). The van der Waals surface area contributed by atoms with Crippen LogP contribution < -0.4 is 15.4 Å². The van der Waals surface area contributed by atoms with Gasteiger partial charge in [0.15, 0.2) is 0 Å². The first-order chi connectivity index (χ1) is 14.2. The van der Waals surface area contributed by atoms with E-state index in [-0.39, 0.29) is 11.8 Å². The van der Waals surface area contributed by atoms with Crippen LogP contribution >= 0.6 is 0 Å². The molecule has 3 aromatic rings. The number of hydrogen-bond donors (Lipinski definition) is 2. The summed E-state index contributed by atoms with van der Waals surface area (Å²) in [6, 6.07) is 18.1. The Morgan fingerprint density at radius 2 is 1.62 bits per heavy atom. The van der Waals surface area contributed by atoms with Gasteiger partial charge in [-0.3, -0.25) is 14.6 Å². The lowest BCUT2D eigenvalue weighted by Gasteiger charge is -2.09. The molecule has 2 N–H and O–H groups in total. The third kappa shape index (κ3) is 5.90. The fraction of sp³-hybridized carbons (Fsp3) is 0.174. The number of carbonyl (C=O) groups is 2. The Labute approximate surface area is 169 Å². The van der Waals surface area contributed by atoms with Crippen molar-refractivity contribution in [3.63, 3.8) is 0 Å². The largest absolute Gasteiger partial charge is 0.497 e. The van der Waals surface area contributed by atoms with Crippen LogP contribution in [0.3, 0.4) is 0 Å². The highest BCUT2D eigenvalue weighted by atomic mass is 16.5. The van der Waals surface area contributed by atoms with Crippen molar-refractivity contribution in [2.45, 2.75) is 13.0 Å². The monoisotopic (exact) mass is 389 g/mol. The van der Waals surface area contributed by atoms with Crippen LogP contribution in [0.25, 0.3) is 0 Å². The number of methoxy groups -OCH3 is 1. The van der Waals surface area contributed by atoms with Crippen LogP contribution in [0.5, 0.6) is 5.75 Å². The highest BCUT2D eigenvalue weighted by Gasteiger charge is 2.10. The number of nitrogens with one attached hydrogen (secondary N) is 2. The standard InChI is InChI=1S/C23H23N3O3/c1-29-21-9-2-5-17(13-21)10-12-25-22(27)19-7-3-8-20(14-19)23(28)26-16-18-6-4-11-24-15-18/h2-9,11,13-15H,10,12,16H2,1H3,(H,25,27)(H,26,28). The Balaban J connectivity index is 1.53. The van der Waals surface area contributed by atoms with Crippen molar-refractivity contribution < 1.29 is 14.3 Å². The molecule has 0 atom stereocenters. The number of hydrogen-bond acceptors (Lipinski definition) is 4. The highest BCUT2D eigenvalue weighted by Crippen LogP contribution is 2.12. The number of pyridine rings is 1. The van der Waals surface area contributed by atoms with Crippen molar-refractivity contribution in [3.05, 3.63) is 95.3 Å². The minimum atomic E-state index is -0.236. The molecule has 0 unspecified atom stereocenters. The molecule has 0 fully saturated rings. The van der Waals surface area contributed by atoms with Gasteiger partial charge >= 0.3 is 0 Å². The molecule has 0 bridgehead atoms. The summed E-state index contributed by atoms with van der Waals surface area (Å²) in [7, 11) is 1.63. The molecule has 0 saturated carbocycles. The second-order valence-corrected chi connectivity index (χ2v) is 6.48. The molecular formula is C23H23N3O3. The predicted octanol–water partition coefficient (Wildman–Crippen LogP) is 2.99. The predicted molar refractivity (Wildman–Crippen MR) is 111 cm³/mol. The Hall–Kier alpha value is -3.67. The summed E-state index contributed by atoms with van der Waals surface area (Å²) in [5, 5.41) is 5.72. The SMILES string of the molecule is COc1cccc(CCNC(=O)c2cccc(C(=O)NCc3cccnc3)c2)c1. The molecule has 0 spiro atoms. The molecule has 0 aliphatic rings. The summed E-state index contributed by atoms with van der Waals surface area (Å²) in [5.74, 6) is 0.341. The first-order valence-corrected chi connectivity index (χ1v) is 9.34. The van der Waals surface area contributed by atoms with Gasteiger partial charge in [0.2, 0.25) is 0 Å². The zero-order chi connectivity index (χ0) is 20.5. The molecule has 2 aromatic carbocycles. The van der Waals surface area contributed by atoms with Gasteiger partial charge < -0.3 is 15.4 Å². The first-order valence-electron chi connectivity index (χ1n) is 9.34. The second-order valence-electron chi connectivity index (χ2n) is 6.48. The molecule has 0 aliphatic carbocycles. The van der Waals surface area contributed by atoms with E-state index in [9.17, 15) is 9.59 Å². The maximum atomic E-state index is 12.4. The maximum Gasteiger partial charge on any atom is 0.251 e. The van der Waals surface area contributed by atoms with Crippen LogP contribution in [0, 0.1) is 0 Å². The number of aromatic nitrogens is 1. The van der Waals surface area contributed by atoms with Crippen LogP contribution in [-0.4, -0.2) is 30.5 Å². The maximum absolute atomic E-state index is 12.4. The number of nitrogens with zero attached hydrogens (tertiary/aromatic N) is 1. The van der Waals surface area contributed by atoms with Crippen molar-refractivity contribution in [2.75, 3.05) is 13.7 Å². The lowest BCUT2D eigenvalue weighted by molar-refractivity contribution is 0.0950. The fourth-order valence-electron chi connectivity index (χ4n) is 2.84. The van der Waals surface area contributed by atoms with Gasteiger partial charge in [0.1, 0.15) is 5.75 Å². The van der Waals surface area contributed by atoms with Crippen molar-refractivity contribution >= 4 is 11.8 Å². The van der Waals surface area contributed by atoms with Crippen LogP contribution in [0.15, 0.2) is 73.1 Å². The van der Waals surface area contributed by atoms with E-state index in [4.69, 9.17) is 4.74 Å². The molecule has 0 radical (unpaired) electrons. The molecule has 2 amide bonds. The fourth-order valence-corrected chi connectivity index (χ4v) is 2.84. The van der Waals surface area contributed by atoms with Crippen molar-refractivity contribution in [2.24, 2.45) is 0 Å². The number of carbonyl (C=O) groups excluding carboxylic acids is 2. The first kappa shape index (κ1) is 20.1. The molecule has 0 aliphatic heterocycles. The van der Waals surface area contributed by atoms with Gasteiger partial charge in [-0.25, -0.2) is 0 Å². The van der Waals surface area contributed by atoms with Crippen molar-refractivity contribution in [3.8, 4) is 5.75 Å². The Bertz CT molecular complexity index is 974. The third-order valence-electron chi connectivity index (χ3n) is 4.40. The quantitative estimate of drug-likeness (QED) is 0.621. The zero-order valence-electron chi connectivity index (χ0n) is 16.2. The summed E-state index contributed by atoms with van der Waals surface area (Å²) in [4.78, 5) is 28.8. The molecule has 1 heterocycles. The molecule has 1 aromatic heterocycles. The summed E-state index contributed by atoms with van der Waals surface area (Å²) in [5.41, 5.74) is 2.87. The van der Waals surface area contributed by atoms with Crippen LogP contribution in [0.1, 0.15) is 31.8 Å². The van der Waals surface area contributed by atoms with Crippen LogP contribution in [0.4, 0.5) is 0 Å². The van der Waals surface area contributed by atoms with E-state index < -0.39 is 0 Å². The van der Waals surface area contributed by atoms with E-state index in [0.717, 1.165) is 16.9 Å². The summed E-state index contributed by atoms with van der Waals surface area (Å²) < 4.78 is 5.21. The molecular weight excluding hydrogens is 366 g/mol. The van der Waals surface area contributed by atoms with Gasteiger partial charge in [0, 0.05) is 36.6 Å². The van der Waals surface area contributed by atoms with E-state index in [1.807, 2.05) is 36.4 Å². The average Bonchev–Trinajstić information content (AvgIpc) is 2.78. The van der Waals surface area contributed by atoms with E-state index in [2.05, 4.69) is 15.6 Å². The van der Waals surface area contributed by atoms with Crippen LogP contribution in [-0.2, 0) is 13.0 Å². The summed E-state index contributed by atoms with van der Waals surface area (Å²) in [6.07, 6.45) is 4.07. The summed E-state index contributed by atoms with van der Waals surface area (Å²) >= 11 is 0. The number of amides is 2.